The third-order valence-corrected chi connectivity index (χ3v) is 4.76. The predicted octanol–water partition coefficient (Wildman–Crippen LogP) is 2.46. The van der Waals surface area contributed by atoms with Crippen LogP contribution in [0.25, 0.3) is 0 Å². The number of nitrogens with one attached hydrogen (secondary N) is 1. The molecule has 4 nitrogen and oxygen atoms in total. The Kier molecular flexibility index (Phi) is 5.26. The van der Waals surface area contributed by atoms with Gasteiger partial charge in [-0.2, -0.15) is 0 Å². The number of aliphatic hydroxyl groups is 1. The molecule has 1 aliphatic rings. The van der Waals surface area contributed by atoms with Gasteiger partial charge in [-0.15, -0.1) is 0 Å². The Morgan fingerprint density at radius 2 is 2.08 bits per heavy atom. The molecule has 3 atom stereocenters. The number of aromatic nitrogens is 1. The second-order valence-electron chi connectivity index (χ2n) is 6.62. The molecule has 3 rings (SSSR count). The average molecular weight is 324 g/mol. The summed E-state index contributed by atoms with van der Waals surface area (Å²) >= 11 is 0. The van der Waals surface area contributed by atoms with Gasteiger partial charge in [-0.1, -0.05) is 30.3 Å². The zero-order valence-electron chi connectivity index (χ0n) is 14.0. The fraction of sp³-hybridized carbons (Fsp3) is 0.400. The zero-order valence-corrected chi connectivity index (χ0v) is 14.0. The lowest BCUT2D eigenvalue weighted by Crippen LogP contribution is -2.33. The second kappa shape index (κ2) is 7.58. The summed E-state index contributed by atoms with van der Waals surface area (Å²) in [4.78, 5) is 16.6. The number of aliphatic hydroxyl groups excluding tert-OH is 1. The molecule has 2 N–H and O–H groups in total. The summed E-state index contributed by atoms with van der Waals surface area (Å²) in [6.45, 7) is 2.63. The largest absolute Gasteiger partial charge is 0.396 e. The van der Waals surface area contributed by atoms with Crippen LogP contribution in [-0.4, -0.2) is 29.1 Å². The molecule has 2 aromatic rings. The molecule has 0 bridgehead atoms. The molecule has 0 saturated heterocycles. The molecule has 1 fully saturated rings. The minimum atomic E-state index is -0.000452. The van der Waals surface area contributed by atoms with E-state index in [0.29, 0.717) is 18.9 Å². The maximum Gasteiger partial charge on any atom is 0.223 e. The van der Waals surface area contributed by atoms with Gasteiger partial charge >= 0.3 is 0 Å². The number of carbonyl (C=O) groups excluding carboxylic acids is 1. The summed E-state index contributed by atoms with van der Waals surface area (Å²) in [5, 5.41) is 12.6. The van der Waals surface area contributed by atoms with Crippen LogP contribution in [0.15, 0.2) is 48.7 Å². The van der Waals surface area contributed by atoms with Crippen molar-refractivity contribution in [3.05, 3.63) is 65.5 Å². The number of pyridine rings is 1. The SMILES string of the molecule is Cc1ccccc1C1CC1C(=O)NCC(CO)Cc1ccccn1. The first-order chi connectivity index (χ1) is 11.7. The van der Waals surface area contributed by atoms with E-state index in [0.717, 1.165) is 12.1 Å². The van der Waals surface area contributed by atoms with Crippen molar-refractivity contribution < 1.29 is 9.90 Å². The van der Waals surface area contributed by atoms with Gasteiger partial charge in [-0.25, -0.2) is 0 Å². The smallest absolute Gasteiger partial charge is 0.223 e. The number of aryl methyl sites for hydroxylation is 1. The summed E-state index contributed by atoms with van der Waals surface area (Å²) in [5.41, 5.74) is 3.47. The third-order valence-electron chi connectivity index (χ3n) is 4.76. The van der Waals surface area contributed by atoms with Crippen molar-refractivity contribution in [1.82, 2.24) is 10.3 Å². The van der Waals surface area contributed by atoms with Crippen molar-refractivity contribution in [3.63, 3.8) is 0 Å². The topological polar surface area (TPSA) is 62.2 Å². The van der Waals surface area contributed by atoms with Gasteiger partial charge < -0.3 is 10.4 Å². The fourth-order valence-corrected chi connectivity index (χ4v) is 3.22. The van der Waals surface area contributed by atoms with Crippen LogP contribution in [0.2, 0.25) is 0 Å². The van der Waals surface area contributed by atoms with Crippen molar-refractivity contribution in [3.8, 4) is 0 Å². The van der Waals surface area contributed by atoms with Gasteiger partial charge in [0.2, 0.25) is 5.91 Å². The van der Waals surface area contributed by atoms with E-state index in [-0.39, 0.29) is 24.3 Å². The highest BCUT2D eigenvalue weighted by Gasteiger charge is 2.44. The number of carbonyl (C=O) groups is 1. The summed E-state index contributed by atoms with van der Waals surface area (Å²) < 4.78 is 0. The number of hydrogen-bond donors (Lipinski definition) is 2. The minimum absolute atomic E-state index is 0.000452. The quantitative estimate of drug-likeness (QED) is 0.822. The predicted molar refractivity (Wildman–Crippen MR) is 93.6 cm³/mol. The van der Waals surface area contributed by atoms with E-state index in [2.05, 4.69) is 29.4 Å². The molecule has 24 heavy (non-hydrogen) atoms. The van der Waals surface area contributed by atoms with Gasteiger partial charge in [0.1, 0.15) is 0 Å². The average Bonchev–Trinajstić information content (AvgIpc) is 3.40. The zero-order chi connectivity index (χ0) is 16.9. The molecular weight excluding hydrogens is 300 g/mol. The van der Waals surface area contributed by atoms with E-state index in [1.807, 2.05) is 30.3 Å². The Morgan fingerprint density at radius 3 is 2.79 bits per heavy atom. The summed E-state index contributed by atoms with van der Waals surface area (Å²) in [5.74, 6) is 0.511. The van der Waals surface area contributed by atoms with E-state index >= 15 is 0 Å². The Morgan fingerprint density at radius 1 is 1.29 bits per heavy atom. The Hall–Kier alpha value is -2.20. The Balaban J connectivity index is 1.50. The fourth-order valence-electron chi connectivity index (χ4n) is 3.22. The van der Waals surface area contributed by atoms with Crippen LogP contribution in [0.4, 0.5) is 0 Å². The highest BCUT2D eigenvalue weighted by Crippen LogP contribution is 2.48. The van der Waals surface area contributed by atoms with E-state index in [1.54, 1.807) is 6.20 Å². The number of amides is 1. The summed E-state index contributed by atoms with van der Waals surface area (Å²) in [7, 11) is 0. The Bertz CT molecular complexity index is 687. The highest BCUT2D eigenvalue weighted by atomic mass is 16.3. The van der Waals surface area contributed by atoms with Crippen molar-refractivity contribution in [2.24, 2.45) is 11.8 Å². The van der Waals surface area contributed by atoms with Crippen molar-refractivity contribution in [2.75, 3.05) is 13.2 Å². The van der Waals surface area contributed by atoms with Gasteiger partial charge in [0, 0.05) is 36.9 Å². The molecular formula is C20H24N2O2. The number of hydrogen-bond acceptors (Lipinski definition) is 3. The molecule has 0 spiro atoms. The molecule has 1 aromatic carbocycles. The van der Waals surface area contributed by atoms with Crippen LogP contribution in [-0.2, 0) is 11.2 Å². The normalized spacial score (nSPS) is 20.4. The van der Waals surface area contributed by atoms with E-state index in [1.165, 1.54) is 11.1 Å². The second-order valence-corrected chi connectivity index (χ2v) is 6.62. The van der Waals surface area contributed by atoms with Gasteiger partial charge in [0.05, 0.1) is 0 Å². The molecule has 1 aromatic heterocycles. The molecule has 1 aliphatic carbocycles. The van der Waals surface area contributed by atoms with Gasteiger partial charge in [-0.05, 0) is 48.9 Å². The molecule has 3 unspecified atom stereocenters. The lowest BCUT2D eigenvalue weighted by Gasteiger charge is -2.15. The number of rotatable bonds is 7. The van der Waals surface area contributed by atoms with Crippen LogP contribution < -0.4 is 5.32 Å². The first-order valence-corrected chi connectivity index (χ1v) is 8.53. The lowest BCUT2D eigenvalue weighted by molar-refractivity contribution is -0.122. The molecule has 0 radical (unpaired) electrons. The standard InChI is InChI=1S/C20H24N2O2/c1-14-6-2-3-8-17(14)18-11-19(18)20(24)22-12-15(13-23)10-16-7-4-5-9-21-16/h2-9,15,18-19,23H,10-13H2,1H3,(H,22,24). The molecule has 0 aliphatic heterocycles. The first kappa shape index (κ1) is 16.7. The van der Waals surface area contributed by atoms with E-state index < -0.39 is 0 Å². The monoisotopic (exact) mass is 324 g/mol. The lowest BCUT2D eigenvalue weighted by atomic mass is 10.0. The van der Waals surface area contributed by atoms with Crippen molar-refractivity contribution in [1.29, 1.82) is 0 Å². The van der Waals surface area contributed by atoms with Crippen molar-refractivity contribution in [2.45, 2.75) is 25.7 Å². The van der Waals surface area contributed by atoms with Crippen LogP contribution in [0, 0.1) is 18.8 Å². The Labute approximate surface area is 142 Å². The molecule has 1 saturated carbocycles. The maximum absolute atomic E-state index is 12.4. The minimum Gasteiger partial charge on any atom is -0.396 e. The van der Waals surface area contributed by atoms with Crippen LogP contribution in [0.1, 0.15) is 29.2 Å². The van der Waals surface area contributed by atoms with E-state index in [9.17, 15) is 9.90 Å². The van der Waals surface area contributed by atoms with Gasteiger partial charge in [0.15, 0.2) is 0 Å². The molecule has 126 valence electrons. The maximum atomic E-state index is 12.4. The van der Waals surface area contributed by atoms with Crippen LogP contribution in [0.3, 0.4) is 0 Å². The number of nitrogens with zero attached hydrogens (tertiary/aromatic N) is 1. The van der Waals surface area contributed by atoms with Crippen LogP contribution >= 0.6 is 0 Å². The molecule has 1 heterocycles. The summed E-state index contributed by atoms with van der Waals surface area (Å²) in [6.07, 6.45) is 3.34. The first-order valence-electron chi connectivity index (χ1n) is 8.53. The third kappa shape index (κ3) is 4.01. The summed E-state index contributed by atoms with van der Waals surface area (Å²) in [6, 6.07) is 14.0. The van der Waals surface area contributed by atoms with Crippen molar-refractivity contribution >= 4 is 5.91 Å². The molecule has 1 amide bonds. The van der Waals surface area contributed by atoms with Gasteiger partial charge in [-0.3, -0.25) is 9.78 Å². The highest BCUT2D eigenvalue weighted by molar-refractivity contribution is 5.83. The number of benzene rings is 1. The van der Waals surface area contributed by atoms with Gasteiger partial charge in [0.25, 0.3) is 0 Å². The molecule has 4 heteroatoms. The van der Waals surface area contributed by atoms with Crippen LogP contribution in [0.5, 0.6) is 0 Å². The van der Waals surface area contributed by atoms with E-state index in [4.69, 9.17) is 0 Å².